The summed E-state index contributed by atoms with van der Waals surface area (Å²) in [6.07, 6.45) is 2.35. The number of hydrogen-bond acceptors (Lipinski definition) is 7. The van der Waals surface area contributed by atoms with Gasteiger partial charge in [0, 0.05) is 23.1 Å². The summed E-state index contributed by atoms with van der Waals surface area (Å²) in [5.41, 5.74) is -0.0206. The molecule has 1 saturated carbocycles. The molecule has 20 heavy (non-hydrogen) atoms. The average Bonchev–Trinajstić information content (AvgIpc) is 3.11. The van der Waals surface area contributed by atoms with Gasteiger partial charge >= 0.3 is 0 Å². The van der Waals surface area contributed by atoms with Gasteiger partial charge in [0.15, 0.2) is 4.34 Å². The second-order valence-electron chi connectivity index (χ2n) is 4.27. The number of anilines is 1. The Bertz CT molecular complexity index is 660. The largest absolute Gasteiger partial charge is 0.357 e. The van der Waals surface area contributed by atoms with E-state index >= 15 is 0 Å². The molecule has 1 heterocycles. The molecule has 6 nitrogen and oxygen atoms in total. The molecular weight excluding hydrogens is 320 g/mol. The number of halogens is 1. The van der Waals surface area contributed by atoms with Crippen LogP contribution in [0.3, 0.4) is 0 Å². The van der Waals surface area contributed by atoms with E-state index < -0.39 is 4.92 Å². The number of nitrogens with one attached hydrogen (secondary N) is 1. The summed E-state index contributed by atoms with van der Waals surface area (Å²) in [5.74, 6) is 0. The van der Waals surface area contributed by atoms with Crippen molar-refractivity contribution in [1.82, 2.24) is 10.2 Å². The minimum atomic E-state index is -0.469. The number of nitro groups is 1. The maximum atomic E-state index is 10.6. The normalized spacial score (nSPS) is 14.2. The van der Waals surface area contributed by atoms with E-state index in [0.29, 0.717) is 11.1 Å². The van der Waals surface area contributed by atoms with Crippen LogP contribution in [0.1, 0.15) is 12.8 Å². The predicted molar refractivity (Wildman–Crippen MR) is 78.8 cm³/mol. The van der Waals surface area contributed by atoms with E-state index in [2.05, 4.69) is 15.5 Å². The first-order valence-corrected chi connectivity index (χ1v) is 7.85. The zero-order valence-electron chi connectivity index (χ0n) is 10.1. The van der Waals surface area contributed by atoms with E-state index in [1.807, 2.05) is 0 Å². The van der Waals surface area contributed by atoms with Gasteiger partial charge in [-0.05, 0) is 18.9 Å². The van der Waals surface area contributed by atoms with Gasteiger partial charge in [-0.15, -0.1) is 10.2 Å². The molecule has 1 fully saturated rings. The third-order valence-electron chi connectivity index (χ3n) is 2.63. The molecule has 1 aliphatic rings. The van der Waals surface area contributed by atoms with Crippen molar-refractivity contribution >= 4 is 45.5 Å². The lowest BCUT2D eigenvalue weighted by Gasteiger charge is -2.00. The minimum absolute atomic E-state index is 0.0206. The van der Waals surface area contributed by atoms with Crippen molar-refractivity contribution in [3.05, 3.63) is 33.3 Å². The fraction of sp³-hybridized carbons (Fsp3) is 0.273. The third-order valence-corrected chi connectivity index (χ3v) is 5.04. The van der Waals surface area contributed by atoms with Gasteiger partial charge in [0.2, 0.25) is 5.13 Å². The van der Waals surface area contributed by atoms with E-state index in [4.69, 9.17) is 11.6 Å². The molecule has 2 aromatic rings. The molecule has 1 N–H and O–H groups in total. The molecule has 0 saturated heterocycles. The lowest BCUT2D eigenvalue weighted by Crippen LogP contribution is -1.99. The van der Waals surface area contributed by atoms with Gasteiger partial charge in [0.05, 0.1) is 9.95 Å². The first-order chi connectivity index (χ1) is 9.61. The molecule has 0 radical (unpaired) electrons. The van der Waals surface area contributed by atoms with Crippen LogP contribution in [-0.2, 0) is 0 Å². The first kappa shape index (κ1) is 13.6. The quantitative estimate of drug-likeness (QED) is 0.663. The molecule has 1 aliphatic carbocycles. The maximum absolute atomic E-state index is 10.6. The van der Waals surface area contributed by atoms with E-state index in [-0.39, 0.29) is 5.69 Å². The number of nitro benzene ring substituents is 1. The zero-order valence-corrected chi connectivity index (χ0v) is 12.5. The molecule has 0 unspecified atom stereocenters. The second-order valence-corrected chi connectivity index (χ2v) is 6.94. The topological polar surface area (TPSA) is 81.0 Å². The summed E-state index contributed by atoms with van der Waals surface area (Å²) >= 11 is 8.85. The van der Waals surface area contributed by atoms with Crippen LogP contribution < -0.4 is 5.32 Å². The lowest BCUT2D eigenvalue weighted by atomic mass is 10.3. The molecule has 1 aromatic carbocycles. The van der Waals surface area contributed by atoms with Crippen molar-refractivity contribution in [3.8, 4) is 0 Å². The van der Waals surface area contributed by atoms with Gasteiger partial charge < -0.3 is 5.32 Å². The van der Waals surface area contributed by atoms with Crippen molar-refractivity contribution in [3.63, 3.8) is 0 Å². The number of non-ortho nitro benzene ring substituents is 1. The highest BCUT2D eigenvalue weighted by Gasteiger charge is 2.22. The van der Waals surface area contributed by atoms with Crippen LogP contribution in [0.15, 0.2) is 27.4 Å². The van der Waals surface area contributed by atoms with Crippen molar-refractivity contribution in [1.29, 1.82) is 0 Å². The van der Waals surface area contributed by atoms with E-state index in [0.717, 1.165) is 14.4 Å². The van der Waals surface area contributed by atoms with Gasteiger partial charge in [-0.25, -0.2) is 0 Å². The molecule has 0 atom stereocenters. The van der Waals surface area contributed by atoms with Crippen LogP contribution >= 0.6 is 34.7 Å². The second kappa shape index (κ2) is 5.55. The predicted octanol–water partition coefficient (Wildman–Crippen LogP) is 3.83. The Kier molecular flexibility index (Phi) is 3.77. The Morgan fingerprint density at radius 1 is 1.45 bits per heavy atom. The molecule has 3 rings (SSSR count). The number of rotatable bonds is 5. The van der Waals surface area contributed by atoms with Gasteiger partial charge in [-0.3, -0.25) is 10.1 Å². The van der Waals surface area contributed by atoms with E-state index in [9.17, 15) is 10.1 Å². The highest BCUT2D eigenvalue weighted by molar-refractivity contribution is 8.01. The summed E-state index contributed by atoms with van der Waals surface area (Å²) in [5, 5.41) is 23.2. The Balaban J connectivity index is 1.73. The highest BCUT2D eigenvalue weighted by Crippen LogP contribution is 2.38. The van der Waals surface area contributed by atoms with Crippen molar-refractivity contribution in [2.75, 3.05) is 5.32 Å². The minimum Gasteiger partial charge on any atom is -0.357 e. The first-order valence-electron chi connectivity index (χ1n) is 5.83. The summed E-state index contributed by atoms with van der Waals surface area (Å²) in [7, 11) is 0. The fourth-order valence-electron chi connectivity index (χ4n) is 1.49. The zero-order chi connectivity index (χ0) is 14.1. The molecule has 0 amide bonds. The van der Waals surface area contributed by atoms with Crippen molar-refractivity contribution in [2.24, 2.45) is 0 Å². The van der Waals surface area contributed by atoms with Gasteiger partial charge in [0.25, 0.3) is 5.69 Å². The molecule has 104 valence electrons. The molecule has 0 spiro atoms. The van der Waals surface area contributed by atoms with Crippen LogP contribution in [0.4, 0.5) is 10.8 Å². The average molecular weight is 329 g/mol. The van der Waals surface area contributed by atoms with Crippen molar-refractivity contribution < 1.29 is 4.92 Å². The van der Waals surface area contributed by atoms with Gasteiger partial charge in [0.1, 0.15) is 0 Å². The van der Waals surface area contributed by atoms with E-state index in [1.54, 1.807) is 6.07 Å². The third kappa shape index (κ3) is 3.20. The van der Waals surface area contributed by atoms with Gasteiger partial charge in [-0.2, -0.15) is 0 Å². The molecule has 0 bridgehead atoms. The smallest absolute Gasteiger partial charge is 0.270 e. The molecule has 0 aliphatic heterocycles. The summed E-state index contributed by atoms with van der Waals surface area (Å²) < 4.78 is 0.754. The Morgan fingerprint density at radius 2 is 2.25 bits per heavy atom. The maximum Gasteiger partial charge on any atom is 0.270 e. The van der Waals surface area contributed by atoms with Crippen LogP contribution in [-0.4, -0.2) is 21.2 Å². The summed E-state index contributed by atoms with van der Waals surface area (Å²) in [6, 6.07) is 4.93. The molecule has 1 aromatic heterocycles. The highest BCUT2D eigenvalue weighted by atomic mass is 35.5. The molecular formula is C11H9ClN4O2S2. The number of benzene rings is 1. The summed E-state index contributed by atoms with van der Waals surface area (Å²) in [4.78, 5) is 10.9. The monoisotopic (exact) mass is 328 g/mol. The van der Waals surface area contributed by atoms with Crippen LogP contribution in [0, 0.1) is 10.1 Å². The Hall–Kier alpha value is -1.38. The number of aromatic nitrogens is 2. The SMILES string of the molecule is O=[N+]([O-])c1ccc(Sc2nnc(NC3CC3)s2)c(Cl)c1. The Labute approximate surface area is 127 Å². The standard InChI is InChI=1S/C11H9ClN4O2S2/c12-8-5-7(16(17)18)3-4-9(8)19-11-15-14-10(20-11)13-6-1-2-6/h3-6H,1-2H2,(H,13,14). The van der Waals surface area contributed by atoms with Crippen molar-refractivity contribution in [2.45, 2.75) is 28.1 Å². The number of nitrogens with zero attached hydrogens (tertiary/aromatic N) is 3. The Morgan fingerprint density at radius 3 is 2.90 bits per heavy atom. The molecule has 9 heteroatoms. The number of hydrogen-bond donors (Lipinski definition) is 1. The van der Waals surface area contributed by atoms with E-state index in [1.165, 1.54) is 48.1 Å². The fourth-order valence-corrected chi connectivity index (χ4v) is 3.57. The summed E-state index contributed by atoms with van der Waals surface area (Å²) in [6.45, 7) is 0. The van der Waals surface area contributed by atoms with Crippen LogP contribution in [0.2, 0.25) is 5.02 Å². The van der Waals surface area contributed by atoms with Crippen LogP contribution in [0.5, 0.6) is 0 Å². The lowest BCUT2D eigenvalue weighted by molar-refractivity contribution is -0.384. The van der Waals surface area contributed by atoms with Crippen LogP contribution in [0.25, 0.3) is 0 Å². The van der Waals surface area contributed by atoms with Gasteiger partial charge in [-0.1, -0.05) is 34.7 Å².